The normalized spacial score (nSPS) is 19.5. The van der Waals surface area contributed by atoms with E-state index in [1.807, 2.05) is 18.7 Å². The van der Waals surface area contributed by atoms with Crippen LogP contribution in [0.25, 0.3) is 0 Å². The fourth-order valence-corrected chi connectivity index (χ4v) is 1.65. The van der Waals surface area contributed by atoms with Crippen molar-refractivity contribution >= 4 is 5.91 Å². The molecule has 1 amide bonds. The first-order valence-corrected chi connectivity index (χ1v) is 5.16. The number of nitrogens with zero attached hydrogens (tertiary/aromatic N) is 2. The molecule has 0 aromatic heterocycles. The molecule has 0 radical (unpaired) electrons. The summed E-state index contributed by atoms with van der Waals surface area (Å²) in [4.78, 5) is 16.0. The van der Waals surface area contributed by atoms with Crippen molar-refractivity contribution in [2.24, 2.45) is 5.92 Å². The minimum atomic E-state index is 0.146. The standard InChI is InChI=1S/C10H20N2O/c1-4-11-5-7-12(8-6-11)10(13)9(2)3/h9H,4-8H2,1-3H3. The largest absolute Gasteiger partial charge is 0.340 e. The minimum absolute atomic E-state index is 0.146. The van der Waals surface area contributed by atoms with Crippen molar-refractivity contribution < 1.29 is 4.79 Å². The highest BCUT2D eigenvalue weighted by Crippen LogP contribution is 2.06. The SMILES string of the molecule is CCN1CCN(C(=O)C(C)C)CC1. The fraction of sp³-hybridized carbons (Fsp3) is 0.900. The number of amides is 1. The van der Waals surface area contributed by atoms with Crippen LogP contribution in [0.3, 0.4) is 0 Å². The Labute approximate surface area is 80.7 Å². The highest BCUT2D eigenvalue weighted by molar-refractivity contribution is 5.78. The lowest BCUT2D eigenvalue weighted by Gasteiger charge is -2.34. The third kappa shape index (κ3) is 2.69. The van der Waals surface area contributed by atoms with E-state index in [1.54, 1.807) is 0 Å². The van der Waals surface area contributed by atoms with Crippen molar-refractivity contribution in [3.05, 3.63) is 0 Å². The first kappa shape index (κ1) is 10.5. The molecule has 13 heavy (non-hydrogen) atoms. The summed E-state index contributed by atoms with van der Waals surface area (Å²) in [5, 5.41) is 0. The van der Waals surface area contributed by atoms with Crippen molar-refractivity contribution in [3.63, 3.8) is 0 Å². The lowest BCUT2D eigenvalue weighted by molar-refractivity contribution is -0.136. The van der Waals surface area contributed by atoms with Gasteiger partial charge in [0.1, 0.15) is 0 Å². The Morgan fingerprint density at radius 1 is 1.23 bits per heavy atom. The summed E-state index contributed by atoms with van der Waals surface area (Å²) in [6.45, 7) is 11.1. The minimum Gasteiger partial charge on any atom is -0.340 e. The van der Waals surface area contributed by atoms with E-state index in [1.165, 1.54) is 0 Å². The monoisotopic (exact) mass is 184 g/mol. The van der Waals surface area contributed by atoms with E-state index < -0.39 is 0 Å². The molecule has 0 aliphatic carbocycles. The van der Waals surface area contributed by atoms with Gasteiger partial charge in [-0.1, -0.05) is 20.8 Å². The molecule has 1 rings (SSSR count). The summed E-state index contributed by atoms with van der Waals surface area (Å²) >= 11 is 0. The quantitative estimate of drug-likeness (QED) is 0.634. The van der Waals surface area contributed by atoms with E-state index in [4.69, 9.17) is 0 Å². The molecular formula is C10H20N2O. The van der Waals surface area contributed by atoms with Gasteiger partial charge in [0.2, 0.25) is 5.91 Å². The summed E-state index contributed by atoms with van der Waals surface area (Å²) < 4.78 is 0. The van der Waals surface area contributed by atoms with Gasteiger partial charge in [0.15, 0.2) is 0 Å². The van der Waals surface area contributed by atoms with Crippen molar-refractivity contribution in [3.8, 4) is 0 Å². The van der Waals surface area contributed by atoms with Crippen molar-refractivity contribution in [1.29, 1.82) is 0 Å². The molecule has 0 atom stereocenters. The van der Waals surface area contributed by atoms with Crippen LogP contribution in [0.2, 0.25) is 0 Å². The van der Waals surface area contributed by atoms with Crippen LogP contribution in [0, 0.1) is 5.92 Å². The highest BCUT2D eigenvalue weighted by Gasteiger charge is 2.21. The van der Waals surface area contributed by atoms with Gasteiger partial charge in [0.25, 0.3) is 0 Å². The molecule has 1 heterocycles. The van der Waals surface area contributed by atoms with Gasteiger partial charge in [0.05, 0.1) is 0 Å². The Balaban J connectivity index is 2.36. The Morgan fingerprint density at radius 2 is 1.77 bits per heavy atom. The molecule has 0 aromatic rings. The molecule has 3 nitrogen and oxygen atoms in total. The molecule has 0 saturated carbocycles. The highest BCUT2D eigenvalue weighted by atomic mass is 16.2. The van der Waals surface area contributed by atoms with Crippen LogP contribution in [-0.4, -0.2) is 48.4 Å². The van der Waals surface area contributed by atoms with Gasteiger partial charge in [-0.25, -0.2) is 0 Å². The van der Waals surface area contributed by atoms with Gasteiger partial charge in [0, 0.05) is 32.1 Å². The van der Waals surface area contributed by atoms with Crippen molar-refractivity contribution in [1.82, 2.24) is 9.80 Å². The van der Waals surface area contributed by atoms with Crippen LogP contribution >= 0.6 is 0 Å². The predicted molar refractivity (Wildman–Crippen MR) is 53.5 cm³/mol. The van der Waals surface area contributed by atoms with E-state index in [-0.39, 0.29) is 5.92 Å². The summed E-state index contributed by atoms with van der Waals surface area (Å²) in [5.41, 5.74) is 0. The molecule has 0 unspecified atom stereocenters. The van der Waals surface area contributed by atoms with Crippen LogP contribution in [0.4, 0.5) is 0 Å². The second kappa shape index (κ2) is 4.61. The van der Waals surface area contributed by atoms with Crippen LogP contribution in [0.1, 0.15) is 20.8 Å². The van der Waals surface area contributed by atoms with E-state index in [2.05, 4.69) is 11.8 Å². The zero-order valence-electron chi connectivity index (χ0n) is 8.92. The summed E-state index contributed by atoms with van der Waals surface area (Å²) in [6, 6.07) is 0. The number of carbonyl (C=O) groups is 1. The molecule has 0 spiro atoms. The number of carbonyl (C=O) groups excluding carboxylic acids is 1. The number of hydrogen-bond donors (Lipinski definition) is 0. The van der Waals surface area contributed by atoms with Crippen molar-refractivity contribution in [2.45, 2.75) is 20.8 Å². The zero-order chi connectivity index (χ0) is 9.84. The second-order valence-corrected chi connectivity index (χ2v) is 3.91. The lowest BCUT2D eigenvalue weighted by Crippen LogP contribution is -2.49. The van der Waals surface area contributed by atoms with Crippen LogP contribution in [0.15, 0.2) is 0 Å². The van der Waals surface area contributed by atoms with Gasteiger partial charge >= 0.3 is 0 Å². The third-order valence-electron chi connectivity index (χ3n) is 2.63. The summed E-state index contributed by atoms with van der Waals surface area (Å²) in [7, 11) is 0. The van der Waals surface area contributed by atoms with Crippen LogP contribution in [0.5, 0.6) is 0 Å². The van der Waals surface area contributed by atoms with E-state index in [0.29, 0.717) is 5.91 Å². The maximum absolute atomic E-state index is 11.6. The van der Waals surface area contributed by atoms with E-state index >= 15 is 0 Å². The lowest BCUT2D eigenvalue weighted by atomic mass is 10.1. The third-order valence-corrected chi connectivity index (χ3v) is 2.63. The van der Waals surface area contributed by atoms with Gasteiger partial charge in [-0.2, -0.15) is 0 Å². The maximum atomic E-state index is 11.6. The van der Waals surface area contributed by atoms with Crippen molar-refractivity contribution in [2.75, 3.05) is 32.7 Å². The zero-order valence-corrected chi connectivity index (χ0v) is 8.92. The van der Waals surface area contributed by atoms with Gasteiger partial charge in [-0.3, -0.25) is 4.79 Å². The molecule has 1 aliphatic rings. The van der Waals surface area contributed by atoms with E-state index in [9.17, 15) is 4.79 Å². The molecule has 0 N–H and O–H groups in total. The summed E-state index contributed by atoms with van der Waals surface area (Å²) in [5.74, 6) is 0.448. The maximum Gasteiger partial charge on any atom is 0.225 e. The average Bonchev–Trinajstić information content (AvgIpc) is 2.17. The number of likely N-dealkylation sites (N-methyl/N-ethyl adjacent to an activating group) is 1. The molecular weight excluding hydrogens is 164 g/mol. The number of hydrogen-bond acceptors (Lipinski definition) is 2. The fourth-order valence-electron chi connectivity index (χ4n) is 1.65. The molecule has 3 heteroatoms. The first-order valence-electron chi connectivity index (χ1n) is 5.16. The van der Waals surface area contributed by atoms with Crippen LogP contribution in [-0.2, 0) is 4.79 Å². The van der Waals surface area contributed by atoms with Gasteiger partial charge < -0.3 is 9.80 Å². The first-order chi connectivity index (χ1) is 6.15. The Kier molecular flexibility index (Phi) is 3.72. The Morgan fingerprint density at radius 3 is 2.15 bits per heavy atom. The Hall–Kier alpha value is -0.570. The van der Waals surface area contributed by atoms with Gasteiger partial charge in [-0.05, 0) is 6.54 Å². The summed E-state index contributed by atoms with van der Waals surface area (Å²) in [6.07, 6.45) is 0. The topological polar surface area (TPSA) is 23.6 Å². The number of piperazine rings is 1. The average molecular weight is 184 g/mol. The predicted octanol–water partition coefficient (Wildman–Crippen LogP) is 0.806. The molecule has 1 saturated heterocycles. The molecule has 0 bridgehead atoms. The molecule has 0 aromatic carbocycles. The molecule has 1 fully saturated rings. The molecule has 1 aliphatic heterocycles. The number of rotatable bonds is 2. The van der Waals surface area contributed by atoms with E-state index in [0.717, 1.165) is 32.7 Å². The van der Waals surface area contributed by atoms with Crippen LogP contribution < -0.4 is 0 Å². The molecule has 76 valence electrons. The second-order valence-electron chi connectivity index (χ2n) is 3.91. The Bertz CT molecular complexity index is 172. The smallest absolute Gasteiger partial charge is 0.225 e. The van der Waals surface area contributed by atoms with Gasteiger partial charge in [-0.15, -0.1) is 0 Å².